The van der Waals surface area contributed by atoms with E-state index < -0.39 is 55.9 Å². The summed E-state index contributed by atoms with van der Waals surface area (Å²) in [4.78, 5) is 36.6. The Morgan fingerprint density at radius 3 is 2.11 bits per heavy atom. The van der Waals surface area contributed by atoms with Gasteiger partial charge in [0.15, 0.2) is 5.65 Å². The summed E-state index contributed by atoms with van der Waals surface area (Å²) in [7, 11) is -4.01. The molecule has 1 fully saturated rings. The highest BCUT2D eigenvalue weighted by Gasteiger charge is 2.54. The van der Waals surface area contributed by atoms with Gasteiger partial charge in [-0.3, -0.25) is 23.2 Å². The number of hydrogen-bond donors (Lipinski definition) is 1. The Hall–Kier alpha value is -2.60. The predicted octanol–water partition coefficient (Wildman–Crippen LogP) is 3.48. The number of anilines is 1. The van der Waals surface area contributed by atoms with Crippen LogP contribution in [0.15, 0.2) is 12.5 Å². The molecule has 37 heavy (non-hydrogen) atoms. The number of carbonyl (C=O) groups is 2. The first-order valence-corrected chi connectivity index (χ1v) is 13.6. The van der Waals surface area contributed by atoms with Gasteiger partial charge in [0.25, 0.3) is 0 Å². The van der Waals surface area contributed by atoms with E-state index in [1.807, 2.05) is 6.92 Å². The first-order valence-electron chi connectivity index (χ1n) is 11.8. The van der Waals surface area contributed by atoms with Crippen LogP contribution in [0, 0.1) is 16.7 Å². The molecule has 1 aliphatic rings. The zero-order chi connectivity index (χ0) is 27.6. The SMILES string of the molecule is C[C@H]1C[C@]1(Cn1cnc2cnc(N)nc21)OCP(=O)(OCOC(=O)C(C)(C)C)OCOC(=O)C(C)(C)C. The lowest BCUT2D eigenvalue weighted by atomic mass is 9.98. The lowest BCUT2D eigenvalue weighted by molar-refractivity contribution is -0.162. The lowest BCUT2D eigenvalue weighted by Crippen LogP contribution is -2.27. The van der Waals surface area contributed by atoms with Gasteiger partial charge in [-0.2, -0.15) is 4.98 Å². The normalized spacial score (nSPS) is 20.1. The Bertz CT molecular complexity index is 1150. The molecule has 0 amide bonds. The predicted molar refractivity (Wildman–Crippen MR) is 133 cm³/mol. The van der Waals surface area contributed by atoms with Gasteiger partial charge in [0, 0.05) is 0 Å². The fourth-order valence-corrected chi connectivity index (χ4v) is 4.34. The van der Waals surface area contributed by atoms with Crippen molar-refractivity contribution < 1.29 is 37.4 Å². The molecule has 2 atom stereocenters. The minimum absolute atomic E-state index is 0.119. The maximum Gasteiger partial charge on any atom is 0.361 e. The van der Waals surface area contributed by atoms with E-state index in [0.29, 0.717) is 24.1 Å². The van der Waals surface area contributed by atoms with Crippen LogP contribution in [0.4, 0.5) is 5.95 Å². The number of nitrogen functional groups attached to an aromatic ring is 1. The molecule has 13 nitrogen and oxygen atoms in total. The Morgan fingerprint density at radius 1 is 1.08 bits per heavy atom. The van der Waals surface area contributed by atoms with E-state index in [4.69, 9.17) is 29.0 Å². The molecule has 2 heterocycles. The van der Waals surface area contributed by atoms with Crippen LogP contribution in [0.1, 0.15) is 54.9 Å². The fraction of sp³-hybridized carbons (Fsp3) is 0.696. The number of imidazole rings is 1. The lowest BCUT2D eigenvalue weighted by Gasteiger charge is -2.24. The molecule has 2 aromatic heterocycles. The van der Waals surface area contributed by atoms with Crippen LogP contribution >= 0.6 is 7.60 Å². The third-order valence-electron chi connectivity index (χ3n) is 5.82. The first-order chi connectivity index (χ1) is 17.0. The third-order valence-corrected chi connectivity index (χ3v) is 7.26. The van der Waals surface area contributed by atoms with Crippen LogP contribution in [0.5, 0.6) is 0 Å². The van der Waals surface area contributed by atoms with Crippen molar-refractivity contribution in [1.29, 1.82) is 0 Å². The maximum absolute atomic E-state index is 13.5. The number of esters is 2. The van der Waals surface area contributed by atoms with E-state index in [2.05, 4.69) is 15.0 Å². The molecule has 0 radical (unpaired) electrons. The van der Waals surface area contributed by atoms with Gasteiger partial charge in [0.05, 0.1) is 35.5 Å². The molecule has 0 saturated heterocycles. The molecule has 0 aromatic carbocycles. The Morgan fingerprint density at radius 2 is 1.62 bits per heavy atom. The summed E-state index contributed by atoms with van der Waals surface area (Å²) in [6.07, 6.45) is 3.36. The van der Waals surface area contributed by atoms with Crippen molar-refractivity contribution in [1.82, 2.24) is 19.5 Å². The summed E-state index contributed by atoms with van der Waals surface area (Å²) in [5.74, 6) is -0.844. The van der Waals surface area contributed by atoms with Crippen LogP contribution < -0.4 is 5.73 Å². The van der Waals surface area contributed by atoms with Gasteiger partial charge in [0.2, 0.25) is 19.5 Å². The molecule has 14 heteroatoms. The highest BCUT2D eigenvalue weighted by atomic mass is 31.2. The van der Waals surface area contributed by atoms with Crippen LogP contribution in [0.3, 0.4) is 0 Å². The number of carbonyl (C=O) groups excluding carboxylic acids is 2. The Balaban J connectivity index is 1.69. The molecule has 206 valence electrons. The summed E-state index contributed by atoms with van der Waals surface area (Å²) >= 11 is 0. The van der Waals surface area contributed by atoms with Crippen molar-refractivity contribution in [3.8, 4) is 0 Å². The minimum atomic E-state index is -4.01. The smallest absolute Gasteiger partial charge is 0.361 e. The molecular weight excluding hydrogens is 505 g/mol. The summed E-state index contributed by atoms with van der Waals surface area (Å²) in [6.45, 7) is 11.2. The second-order valence-corrected chi connectivity index (χ2v) is 13.2. The van der Waals surface area contributed by atoms with Gasteiger partial charge in [-0.05, 0) is 53.9 Å². The second kappa shape index (κ2) is 10.6. The van der Waals surface area contributed by atoms with Crippen molar-refractivity contribution in [2.45, 2.75) is 67.0 Å². The molecule has 0 spiro atoms. The van der Waals surface area contributed by atoms with Gasteiger partial charge in [0.1, 0.15) is 11.9 Å². The zero-order valence-electron chi connectivity index (χ0n) is 22.3. The quantitative estimate of drug-likeness (QED) is 0.250. The third kappa shape index (κ3) is 7.47. The average Bonchev–Trinajstić information content (AvgIpc) is 3.25. The van der Waals surface area contributed by atoms with Crippen LogP contribution in [-0.2, 0) is 44.0 Å². The van der Waals surface area contributed by atoms with E-state index in [0.717, 1.165) is 0 Å². The van der Waals surface area contributed by atoms with E-state index >= 15 is 0 Å². The molecule has 3 rings (SSSR count). The number of aromatic nitrogens is 4. The van der Waals surface area contributed by atoms with Gasteiger partial charge < -0.3 is 24.5 Å². The number of nitrogens with zero attached hydrogens (tertiary/aromatic N) is 4. The van der Waals surface area contributed by atoms with Crippen LogP contribution in [-0.4, -0.2) is 57.0 Å². The van der Waals surface area contributed by atoms with Crippen molar-refractivity contribution >= 4 is 36.6 Å². The van der Waals surface area contributed by atoms with Crippen molar-refractivity contribution in [3.05, 3.63) is 12.5 Å². The van der Waals surface area contributed by atoms with Crippen LogP contribution in [0.25, 0.3) is 11.2 Å². The fourth-order valence-electron chi connectivity index (χ4n) is 3.27. The molecule has 0 unspecified atom stereocenters. The number of fused-ring (bicyclic) bond motifs is 1. The Kier molecular flexibility index (Phi) is 8.33. The minimum Gasteiger partial charge on any atom is -0.438 e. The monoisotopic (exact) mass is 541 g/mol. The second-order valence-electron chi connectivity index (χ2n) is 11.2. The molecule has 1 saturated carbocycles. The summed E-state index contributed by atoms with van der Waals surface area (Å²) in [5, 5.41) is 0. The standard InChI is InChI=1S/C23H36N5O8P/c1-15-8-23(15,10-28-11-26-16-9-25-20(24)27-17(16)28)34-14-37(31,35-12-32-18(29)21(2,3)4)36-13-33-19(30)22(5,6)7/h9,11,15H,8,10,12-14H2,1-7H3,(H2,24,25,27)/t15-,23+/m0/s1. The highest BCUT2D eigenvalue weighted by molar-refractivity contribution is 7.53. The maximum atomic E-state index is 13.5. The van der Waals surface area contributed by atoms with Crippen molar-refractivity contribution in [3.63, 3.8) is 0 Å². The van der Waals surface area contributed by atoms with Gasteiger partial charge >= 0.3 is 19.5 Å². The summed E-state index contributed by atoms with van der Waals surface area (Å²) in [6, 6.07) is 0. The van der Waals surface area contributed by atoms with Gasteiger partial charge in [-0.1, -0.05) is 6.92 Å². The van der Waals surface area contributed by atoms with Gasteiger partial charge in [-0.25, -0.2) is 9.97 Å². The van der Waals surface area contributed by atoms with Crippen molar-refractivity contribution in [2.24, 2.45) is 16.7 Å². The molecular formula is C23H36N5O8P. The van der Waals surface area contributed by atoms with E-state index in [-0.39, 0.29) is 11.9 Å². The Labute approximate surface area is 215 Å². The zero-order valence-corrected chi connectivity index (χ0v) is 23.2. The molecule has 0 bridgehead atoms. The van der Waals surface area contributed by atoms with E-state index in [1.54, 1.807) is 52.4 Å². The number of nitrogens with two attached hydrogens (primary N) is 1. The average molecular weight is 542 g/mol. The van der Waals surface area contributed by atoms with Crippen LogP contribution in [0.2, 0.25) is 0 Å². The largest absolute Gasteiger partial charge is 0.438 e. The molecule has 1 aliphatic carbocycles. The first kappa shape index (κ1) is 29.0. The highest BCUT2D eigenvalue weighted by Crippen LogP contribution is 2.54. The number of ether oxygens (including phenoxy) is 3. The number of rotatable bonds is 11. The molecule has 2 aromatic rings. The summed E-state index contributed by atoms with van der Waals surface area (Å²) < 4.78 is 42.3. The molecule has 2 N–H and O–H groups in total. The topological polar surface area (TPSA) is 167 Å². The van der Waals surface area contributed by atoms with Gasteiger partial charge in [-0.15, -0.1) is 0 Å². The summed E-state index contributed by atoms with van der Waals surface area (Å²) in [5.41, 5.74) is 4.61. The molecule has 0 aliphatic heterocycles. The van der Waals surface area contributed by atoms with E-state index in [1.165, 1.54) is 6.20 Å². The van der Waals surface area contributed by atoms with Crippen molar-refractivity contribution in [2.75, 3.05) is 25.7 Å². The van der Waals surface area contributed by atoms with E-state index in [9.17, 15) is 14.2 Å². The number of hydrogen-bond acceptors (Lipinski definition) is 12.